The third-order valence-corrected chi connectivity index (χ3v) is 5.75. The van der Waals surface area contributed by atoms with Gasteiger partial charge in [0.1, 0.15) is 11.3 Å². The van der Waals surface area contributed by atoms with Gasteiger partial charge in [-0.15, -0.1) is 0 Å². The van der Waals surface area contributed by atoms with Gasteiger partial charge in [0.05, 0.1) is 28.9 Å². The Morgan fingerprint density at radius 2 is 2.03 bits per heavy atom. The van der Waals surface area contributed by atoms with Crippen molar-refractivity contribution in [3.05, 3.63) is 66.4 Å². The number of hydrogen-bond acceptors (Lipinski definition) is 4. The number of hydrogen-bond donors (Lipinski definition) is 3. The number of nitrogens with zero attached hydrogens (tertiary/aromatic N) is 4. The molecule has 4 aromatic heterocycles. The van der Waals surface area contributed by atoms with E-state index >= 15 is 0 Å². The van der Waals surface area contributed by atoms with Crippen LogP contribution in [0.4, 0.5) is 0 Å². The SMILES string of the molecule is Cc1cn(-c2ccnc3[nH]c(-c4n[nH]c5ccc(C6=CCNCC6)cc45)cc23)cn1. The Labute approximate surface area is 172 Å². The van der Waals surface area contributed by atoms with E-state index in [1.54, 1.807) is 0 Å². The van der Waals surface area contributed by atoms with Crippen LogP contribution < -0.4 is 5.32 Å². The van der Waals surface area contributed by atoms with Gasteiger partial charge >= 0.3 is 0 Å². The number of aromatic amines is 2. The molecule has 1 aromatic carbocycles. The number of pyridine rings is 1. The molecule has 30 heavy (non-hydrogen) atoms. The summed E-state index contributed by atoms with van der Waals surface area (Å²) in [6, 6.07) is 10.7. The lowest BCUT2D eigenvalue weighted by atomic mass is 9.98. The Balaban J connectivity index is 1.49. The van der Waals surface area contributed by atoms with Crippen molar-refractivity contribution >= 4 is 27.5 Å². The molecule has 0 saturated carbocycles. The van der Waals surface area contributed by atoms with Crippen LogP contribution in [-0.4, -0.2) is 42.8 Å². The molecule has 3 N–H and O–H groups in total. The second-order valence-corrected chi connectivity index (χ2v) is 7.71. The summed E-state index contributed by atoms with van der Waals surface area (Å²) in [6.07, 6.45) is 8.99. The lowest BCUT2D eigenvalue weighted by Crippen LogP contribution is -2.19. The molecule has 5 heterocycles. The summed E-state index contributed by atoms with van der Waals surface area (Å²) in [6.45, 7) is 3.94. The normalized spacial score (nSPS) is 14.5. The molecule has 0 bridgehead atoms. The molecule has 0 atom stereocenters. The maximum atomic E-state index is 4.62. The molecule has 0 spiro atoms. The molecule has 1 aliphatic heterocycles. The number of aryl methyl sites for hydroxylation is 1. The topological polar surface area (TPSA) is 87.2 Å². The van der Waals surface area contributed by atoms with E-state index in [1.165, 1.54) is 11.1 Å². The highest BCUT2D eigenvalue weighted by molar-refractivity contribution is 5.98. The Morgan fingerprint density at radius 1 is 1.07 bits per heavy atom. The number of fused-ring (bicyclic) bond motifs is 2. The summed E-state index contributed by atoms with van der Waals surface area (Å²) >= 11 is 0. The van der Waals surface area contributed by atoms with Gasteiger partial charge in [-0.1, -0.05) is 12.1 Å². The molecule has 7 nitrogen and oxygen atoms in total. The average Bonchev–Trinajstić information content (AvgIpc) is 3.51. The number of H-pyrrole nitrogens is 2. The van der Waals surface area contributed by atoms with E-state index in [0.717, 1.165) is 64.2 Å². The smallest absolute Gasteiger partial charge is 0.139 e. The summed E-state index contributed by atoms with van der Waals surface area (Å²) in [5, 5.41) is 13.3. The van der Waals surface area contributed by atoms with Crippen LogP contribution >= 0.6 is 0 Å². The predicted octanol–water partition coefficient (Wildman–Crippen LogP) is 3.98. The van der Waals surface area contributed by atoms with Crippen molar-refractivity contribution in [1.82, 2.24) is 35.0 Å². The van der Waals surface area contributed by atoms with Gasteiger partial charge in [-0.3, -0.25) is 5.10 Å². The van der Waals surface area contributed by atoms with Crippen molar-refractivity contribution < 1.29 is 0 Å². The molecular weight excluding hydrogens is 374 g/mol. The molecule has 0 unspecified atom stereocenters. The van der Waals surface area contributed by atoms with Crippen molar-refractivity contribution in [3.63, 3.8) is 0 Å². The van der Waals surface area contributed by atoms with E-state index < -0.39 is 0 Å². The Hall–Kier alpha value is -3.71. The summed E-state index contributed by atoms with van der Waals surface area (Å²) in [5.74, 6) is 0. The van der Waals surface area contributed by atoms with Crippen LogP contribution in [0.3, 0.4) is 0 Å². The van der Waals surface area contributed by atoms with E-state index in [-0.39, 0.29) is 0 Å². The fourth-order valence-electron chi connectivity index (χ4n) is 4.22. The van der Waals surface area contributed by atoms with E-state index in [9.17, 15) is 0 Å². The highest BCUT2D eigenvalue weighted by atomic mass is 15.1. The zero-order valence-electron chi connectivity index (χ0n) is 16.6. The third kappa shape index (κ3) is 2.74. The first-order valence-corrected chi connectivity index (χ1v) is 10.1. The van der Waals surface area contributed by atoms with Crippen LogP contribution in [0.15, 0.2) is 55.1 Å². The van der Waals surface area contributed by atoms with Crippen LogP contribution in [0.5, 0.6) is 0 Å². The maximum absolute atomic E-state index is 4.62. The zero-order valence-corrected chi connectivity index (χ0v) is 16.6. The van der Waals surface area contributed by atoms with Crippen molar-refractivity contribution in [2.24, 2.45) is 0 Å². The number of nitrogens with one attached hydrogen (secondary N) is 3. The lowest BCUT2D eigenvalue weighted by Gasteiger charge is -2.14. The van der Waals surface area contributed by atoms with Crippen molar-refractivity contribution in [2.45, 2.75) is 13.3 Å². The number of aromatic nitrogens is 6. The van der Waals surface area contributed by atoms with Gasteiger partial charge in [-0.25, -0.2) is 9.97 Å². The quantitative estimate of drug-likeness (QED) is 0.431. The largest absolute Gasteiger partial charge is 0.338 e. The first-order valence-electron chi connectivity index (χ1n) is 10.1. The Morgan fingerprint density at radius 3 is 2.87 bits per heavy atom. The van der Waals surface area contributed by atoms with Gasteiger partial charge in [0.15, 0.2) is 0 Å². The van der Waals surface area contributed by atoms with E-state index in [2.05, 4.69) is 60.8 Å². The van der Waals surface area contributed by atoms with Crippen LogP contribution in [0.25, 0.3) is 44.6 Å². The van der Waals surface area contributed by atoms with Gasteiger partial charge in [0.25, 0.3) is 0 Å². The lowest BCUT2D eigenvalue weighted by molar-refractivity contribution is 0.739. The average molecular weight is 395 g/mol. The third-order valence-electron chi connectivity index (χ3n) is 5.75. The Kier molecular flexibility index (Phi) is 3.82. The van der Waals surface area contributed by atoms with Gasteiger partial charge in [0, 0.05) is 29.7 Å². The second-order valence-electron chi connectivity index (χ2n) is 7.71. The first kappa shape index (κ1) is 17.2. The molecule has 148 valence electrons. The van der Waals surface area contributed by atoms with Gasteiger partial charge < -0.3 is 14.9 Å². The molecule has 1 aliphatic rings. The minimum atomic E-state index is 0.835. The molecule has 0 radical (unpaired) electrons. The van der Waals surface area contributed by atoms with Crippen molar-refractivity contribution in [2.75, 3.05) is 13.1 Å². The van der Waals surface area contributed by atoms with Gasteiger partial charge in [0.2, 0.25) is 0 Å². The van der Waals surface area contributed by atoms with Gasteiger partial charge in [-0.2, -0.15) is 5.10 Å². The van der Waals surface area contributed by atoms with E-state index in [4.69, 9.17) is 0 Å². The molecule has 0 amide bonds. The molecule has 7 heteroatoms. The van der Waals surface area contributed by atoms with Crippen LogP contribution in [-0.2, 0) is 0 Å². The molecule has 0 fully saturated rings. The monoisotopic (exact) mass is 395 g/mol. The van der Waals surface area contributed by atoms with E-state index in [1.807, 2.05) is 36.3 Å². The number of imidazole rings is 1. The minimum Gasteiger partial charge on any atom is -0.338 e. The summed E-state index contributed by atoms with van der Waals surface area (Å²) in [4.78, 5) is 12.3. The Bertz CT molecular complexity index is 1420. The fraction of sp³-hybridized carbons (Fsp3) is 0.174. The van der Waals surface area contributed by atoms with Crippen LogP contribution in [0, 0.1) is 6.92 Å². The molecule has 0 aliphatic carbocycles. The standard InChI is InChI=1S/C23H21N7/c1-14-12-30(13-26-14)21-6-9-25-23-18(21)11-20(27-23)22-17-10-16(2-3-19(17)28-29-22)15-4-7-24-8-5-15/h2-4,6,9-13,24H,5,7-8H2,1H3,(H,25,27)(H,28,29). The number of benzene rings is 1. The summed E-state index contributed by atoms with van der Waals surface area (Å²) in [7, 11) is 0. The predicted molar refractivity (Wildman–Crippen MR) is 119 cm³/mol. The summed E-state index contributed by atoms with van der Waals surface area (Å²) < 4.78 is 2.03. The highest BCUT2D eigenvalue weighted by Crippen LogP contribution is 2.32. The minimum absolute atomic E-state index is 0.835. The second kappa shape index (κ2) is 6.67. The van der Waals surface area contributed by atoms with E-state index in [0.29, 0.717) is 0 Å². The van der Waals surface area contributed by atoms with Crippen molar-refractivity contribution in [1.29, 1.82) is 0 Å². The zero-order chi connectivity index (χ0) is 20.1. The number of rotatable bonds is 3. The van der Waals surface area contributed by atoms with Gasteiger partial charge in [-0.05, 0) is 55.3 Å². The maximum Gasteiger partial charge on any atom is 0.139 e. The summed E-state index contributed by atoms with van der Waals surface area (Å²) in [5.41, 5.74) is 8.39. The van der Waals surface area contributed by atoms with Crippen LogP contribution in [0.2, 0.25) is 0 Å². The molecular formula is C23H21N7. The molecule has 0 saturated heterocycles. The molecule has 5 aromatic rings. The highest BCUT2D eigenvalue weighted by Gasteiger charge is 2.15. The van der Waals surface area contributed by atoms with Crippen LogP contribution in [0.1, 0.15) is 17.7 Å². The first-order chi connectivity index (χ1) is 14.8. The molecule has 6 rings (SSSR count). The fourth-order valence-corrected chi connectivity index (χ4v) is 4.22. The van der Waals surface area contributed by atoms with Crippen molar-refractivity contribution in [3.8, 4) is 17.1 Å².